The van der Waals surface area contributed by atoms with Crippen molar-refractivity contribution in [3.05, 3.63) is 29.3 Å². The molecule has 1 aromatic rings. The minimum Gasteiger partial charge on any atom is -0.478 e. The maximum absolute atomic E-state index is 12.2. The van der Waals surface area contributed by atoms with E-state index in [0.717, 1.165) is 6.42 Å². The Kier molecular flexibility index (Phi) is 6.30. The minimum absolute atomic E-state index is 0.00288. The summed E-state index contributed by atoms with van der Waals surface area (Å²) >= 11 is 5.89. The highest BCUT2D eigenvalue weighted by Crippen LogP contribution is 2.22. The maximum atomic E-state index is 12.2. The van der Waals surface area contributed by atoms with Gasteiger partial charge in [-0.3, -0.25) is 4.79 Å². The van der Waals surface area contributed by atoms with Gasteiger partial charge in [-0.25, -0.2) is 0 Å². The molecular formula is C15H22ClNO3. The van der Waals surface area contributed by atoms with Gasteiger partial charge in [-0.05, 0) is 51.8 Å². The number of ether oxygens (including phenoxy) is 1. The summed E-state index contributed by atoms with van der Waals surface area (Å²) in [4.78, 5) is 12.2. The zero-order valence-corrected chi connectivity index (χ0v) is 12.9. The van der Waals surface area contributed by atoms with Crippen molar-refractivity contribution in [1.29, 1.82) is 0 Å². The number of rotatable bonds is 7. The van der Waals surface area contributed by atoms with Gasteiger partial charge < -0.3 is 15.2 Å². The van der Waals surface area contributed by atoms with Gasteiger partial charge in [0.1, 0.15) is 5.75 Å². The molecule has 5 heteroatoms. The van der Waals surface area contributed by atoms with Crippen LogP contribution in [0.2, 0.25) is 5.02 Å². The van der Waals surface area contributed by atoms with E-state index in [9.17, 15) is 4.79 Å². The zero-order chi connectivity index (χ0) is 15.2. The van der Waals surface area contributed by atoms with Gasteiger partial charge in [0.2, 0.25) is 0 Å². The van der Waals surface area contributed by atoms with Crippen molar-refractivity contribution in [2.24, 2.45) is 0 Å². The molecule has 0 bridgehead atoms. The second kappa shape index (κ2) is 7.50. The largest absolute Gasteiger partial charge is 0.478 e. The molecule has 1 atom stereocenters. The topological polar surface area (TPSA) is 58.6 Å². The lowest BCUT2D eigenvalue weighted by Gasteiger charge is -2.27. The Morgan fingerprint density at radius 2 is 2.20 bits per heavy atom. The van der Waals surface area contributed by atoms with Crippen LogP contribution < -0.4 is 10.1 Å². The molecule has 1 rings (SSSR count). The van der Waals surface area contributed by atoms with Crippen molar-refractivity contribution >= 4 is 17.5 Å². The molecule has 0 radical (unpaired) electrons. The third-order valence-corrected chi connectivity index (χ3v) is 3.12. The van der Waals surface area contributed by atoms with Crippen LogP contribution in [0.4, 0.5) is 0 Å². The highest BCUT2D eigenvalue weighted by atomic mass is 35.5. The summed E-state index contributed by atoms with van der Waals surface area (Å²) in [7, 11) is 0. The Bertz CT molecular complexity index is 448. The lowest BCUT2D eigenvalue weighted by atomic mass is 10.1. The standard InChI is InChI=1S/C15H22ClNO3/c1-11(6-5-9-18)17-14(19)15(2,3)20-13-8-4-7-12(16)10-13/h4,7-8,10-11,18H,5-6,9H2,1-3H3,(H,17,19). The van der Waals surface area contributed by atoms with Crippen molar-refractivity contribution in [1.82, 2.24) is 5.32 Å². The fourth-order valence-electron chi connectivity index (χ4n) is 1.74. The zero-order valence-electron chi connectivity index (χ0n) is 12.1. The van der Waals surface area contributed by atoms with E-state index in [0.29, 0.717) is 17.2 Å². The number of amides is 1. The third kappa shape index (κ3) is 5.39. The summed E-state index contributed by atoms with van der Waals surface area (Å²) in [5.41, 5.74) is -0.988. The smallest absolute Gasteiger partial charge is 0.263 e. The van der Waals surface area contributed by atoms with E-state index in [-0.39, 0.29) is 18.6 Å². The number of hydrogen-bond acceptors (Lipinski definition) is 3. The first kappa shape index (κ1) is 16.8. The molecule has 0 saturated heterocycles. The van der Waals surface area contributed by atoms with Crippen LogP contribution in [0.5, 0.6) is 5.75 Å². The molecule has 112 valence electrons. The molecule has 1 amide bonds. The van der Waals surface area contributed by atoms with E-state index >= 15 is 0 Å². The van der Waals surface area contributed by atoms with Crippen molar-refractivity contribution in [3.63, 3.8) is 0 Å². The van der Waals surface area contributed by atoms with Crippen LogP contribution in [0, 0.1) is 0 Å². The predicted molar refractivity (Wildman–Crippen MR) is 80.1 cm³/mol. The molecule has 2 N–H and O–H groups in total. The van der Waals surface area contributed by atoms with Crippen molar-refractivity contribution in [3.8, 4) is 5.75 Å². The molecular weight excluding hydrogens is 278 g/mol. The number of carbonyl (C=O) groups is 1. The first-order valence-corrected chi connectivity index (χ1v) is 7.09. The van der Waals surface area contributed by atoms with E-state index in [4.69, 9.17) is 21.4 Å². The van der Waals surface area contributed by atoms with E-state index < -0.39 is 5.60 Å². The van der Waals surface area contributed by atoms with Crippen molar-refractivity contribution in [2.75, 3.05) is 6.61 Å². The van der Waals surface area contributed by atoms with E-state index in [1.54, 1.807) is 38.1 Å². The van der Waals surface area contributed by atoms with Crippen LogP contribution in [0.1, 0.15) is 33.6 Å². The Hall–Kier alpha value is -1.26. The Morgan fingerprint density at radius 3 is 2.80 bits per heavy atom. The first-order valence-electron chi connectivity index (χ1n) is 6.71. The van der Waals surface area contributed by atoms with Gasteiger partial charge in [0.15, 0.2) is 5.60 Å². The molecule has 0 fully saturated rings. The molecule has 1 unspecified atom stereocenters. The normalized spacial score (nSPS) is 12.8. The van der Waals surface area contributed by atoms with Gasteiger partial charge in [-0.1, -0.05) is 17.7 Å². The molecule has 20 heavy (non-hydrogen) atoms. The third-order valence-electron chi connectivity index (χ3n) is 2.89. The van der Waals surface area contributed by atoms with Gasteiger partial charge >= 0.3 is 0 Å². The average molecular weight is 300 g/mol. The number of benzene rings is 1. The molecule has 0 aliphatic rings. The number of nitrogens with one attached hydrogen (secondary N) is 1. The van der Waals surface area contributed by atoms with Crippen LogP contribution in [0.3, 0.4) is 0 Å². The second-order valence-corrected chi connectivity index (χ2v) is 5.75. The molecule has 0 aliphatic heterocycles. The Balaban J connectivity index is 2.61. The number of carbonyl (C=O) groups excluding carboxylic acids is 1. The summed E-state index contributed by atoms with van der Waals surface area (Å²) in [6, 6.07) is 6.95. The highest BCUT2D eigenvalue weighted by Gasteiger charge is 2.30. The molecule has 0 aliphatic carbocycles. The van der Waals surface area contributed by atoms with Crippen LogP contribution in [0.15, 0.2) is 24.3 Å². The number of hydrogen-bond donors (Lipinski definition) is 2. The summed E-state index contributed by atoms with van der Waals surface area (Å²) < 4.78 is 5.70. The van der Waals surface area contributed by atoms with E-state index in [1.165, 1.54) is 0 Å². The number of aliphatic hydroxyl groups excluding tert-OH is 1. The molecule has 1 aromatic carbocycles. The van der Waals surface area contributed by atoms with Crippen molar-refractivity contribution in [2.45, 2.75) is 45.3 Å². The fourth-order valence-corrected chi connectivity index (χ4v) is 1.92. The molecule has 0 aromatic heterocycles. The molecule has 0 saturated carbocycles. The lowest BCUT2D eigenvalue weighted by Crippen LogP contribution is -2.49. The van der Waals surface area contributed by atoms with Crippen molar-refractivity contribution < 1.29 is 14.6 Å². The van der Waals surface area contributed by atoms with Gasteiger partial charge in [0, 0.05) is 17.7 Å². The SMILES string of the molecule is CC(CCCO)NC(=O)C(C)(C)Oc1cccc(Cl)c1. The lowest BCUT2D eigenvalue weighted by molar-refractivity contribution is -0.134. The summed E-state index contributed by atoms with van der Waals surface area (Å²) in [6.07, 6.45) is 1.40. The highest BCUT2D eigenvalue weighted by molar-refractivity contribution is 6.30. The fraction of sp³-hybridized carbons (Fsp3) is 0.533. The van der Waals surface area contributed by atoms with E-state index in [2.05, 4.69) is 5.32 Å². The van der Waals surface area contributed by atoms with Crippen LogP contribution in [-0.4, -0.2) is 29.3 Å². The number of halogens is 1. The summed E-state index contributed by atoms with van der Waals surface area (Å²) in [5.74, 6) is 0.364. The average Bonchev–Trinajstić information content (AvgIpc) is 2.35. The van der Waals surface area contributed by atoms with Gasteiger partial charge in [-0.15, -0.1) is 0 Å². The van der Waals surface area contributed by atoms with Crippen LogP contribution >= 0.6 is 11.6 Å². The first-order chi connectivity index (χ1) is 9.35. The molecule has 0 spiro atoms. The quantitative estimate of drug-likeness (QED) is 0.814. The Morgan fingerprint density at radius 1 is 1.50 bits per heavy atom. The summed E-state index contributed by atoms with van der Waals surface area (Å²) in [6.45, 7) is 5.45. The monoisotopic (exact) mass is 299 g/mol. The van der Waals surface area contributed by atoms with E-state index in [1.807, 2.05) is 6.92 Å². The Labute approximate surface area is 125 Å². The van der Waals surface area contributed by atoms with Gasteiger partial charge in [-0.2, -0.15) is 0 Å². The maximum Gasteiger partial charge on any atom is 0.263 e. The second-order valence-electron chi connectivity index (χ2n) is 5.31. The van der Waals surface area contributed by atoms with Crippen LogP contribution in [-0.2, 0) is 4.79 Å². The molecule has 0 heterocycles. The van der Waals surface area contributed by atoms with Gasteiger partial charge in [0.25, 0.3) is 5.91 Å². The summed E-state index contributed by atoms with van der Waals surface area (Å²) in [5, 5.41) is 12.2. The minimum atomic E-state index is -0.988. The molecule has 4 nitrogen and oxygen atoms in total. The number of aliphatic hydroxyl groups is 1. The predicted octanol–water partition coefficient (Wildman–Crippen LogP) is 2.77. The van der Waals surface area contributed by atoms with Crippen LogP contribution in [0.25, 0.3) is 0 Å². The van der Waals surface area contributed by atoms with Gasteiger partial charge in [0.05, 0.1) is 0 Å².